The molecule has 0 amide bonds. The van der Waals surface area contributed by atoms with Crippen LogP contribution in [0.2, 0.25) is 0 Å². The number of aryl methyl sites for hydroxylation is 3. The van der Waals surface area contributed by atoms with E-state index in [1.165, 1.54) is 22.5 Å². The second-order valence-corrected chi connectivity index (χ2v) is 6.00. The Balaban J connectivity index is 2.02. The fourth-order valence-electron chi connectivity index (χ4n) is 3.49. The molecule has 0 aliphatic heterocycles. The van der Waals surface area contributed by atoms with Crippen LogP contribution in [0.25, 0.3) is 0 Å². The van der Waals surface area contributed by atoms with E-state index in [1.807, 2.05) is 12.1 Å². The Morgan fingerprint density at radius 2 is 1.70 bits per heavy atom. The molecular formula is C17H22N2O. The minimum Gasteiger partial charge on any atom is -0.508 e. The van der Waals surface area contributed by atoms with Crippen LogP contribution in [0.1, 0.15) is 53.4 Å². The smallest absolute Gasteiger partial charge is 0.121 e. The van der Waals surface area contributed by atoms with Gasteiger partial charge < -0.3 is 10.5 Å². The highest BCUT2D eigenvalue weighted by molar-refractivity contribution is 5.51. The Bertz CT molecular complexity index is 638. The van der Waals surface area contributed by atoms with Gasteiger partial charge in [-0.15, -0.1) is 0 Å². The van der Waals surface area contributed by atoms with Crippen molar-refractivity contribution in [3.05, 3.63) is 52.3 Å². The first-order chi connectivity index (χ1) is 9.49. The van der Waals surface area contributed by atoms with E-state index in [0.717, 1.165) is 12.0 Å². The largest absolute Gasteiger partial charge is 0.508 e. The van der Waals surface area contributed by atoms with E-state index in [2.05, 4.69) is 49.9 Å². The molecule has 2 unspecified atom stereocenters. The lowest BCUT2D eigenvalue weighted by atomic mass is 9.97. The average Bonchev–Trinajstić information content (AvgIpc) is 2.90. The molecule has 2 N–H and O–H groups in total. The summed E-state index contributed by atoms with van der Waals surface area (Å²) < 4.78 is 2.12. The molecular weight excluding hydrogens is 248 g/mol. The molecule has 106 valence electrons. The van der Waals surface area contributed by atoms with E-state index in [4.69, 9.17) is 0 Å². The van der Waals surface area contributed by atoms with Crippen molar-refractivity contribution in [3.8, 4) is 5.75 Å². The lowest BCUT2D eigenvalue weighted by molar-refractivity contribution is 0.462. The Kier molecular flexibility index (Phi) is 3.00. The number of rotatable bonds is 2. The predicted molar refractivity (Wildman–Crippen MR) is 81.9 cm³/mol. The van der Waals surface area contributed by atoms with Gasteiger partial charge in [0.15, 0.2) is 0 Å². The molecule has 1 heterocycles. The maximum absolute atomic E-state index is 10.3. The molecule has 0 saturated carbocycles. The first-order valence-electron chi connectivity index (χ1n) is 7.23. The lowest BCUT2D eigenvalue weighted by Gasteiger charge is -2.20. The third kappa shape index (κ3) is 1.89. The average molecular weight is 270 g/mol. The second-order valence-electron chi connectivity index (χ2n) is 6.00. The highest BCUT2D eigenvalue weighted by Crippen LogP contribution is 2.46. The summed E-state index contributed by atoms with van der Waals surface area (Å²) in [5.74, 6) is 0.890. The number of phenols is 1. The molecule has 3 nitrogen and oxygen atoms in total. The molecule has 20 heavy (non-hydrogen) atoms. The van der Waals surface area contributed by atoms with E-state index < -0.39 is 0 Å². The fourth-order valence-corrected chi connectivity index (χ4v) is 3.49. The maximum atomic E-state index is 10.3. The van der Waals surface area contributed by atoms with E-state index in [9.17, 15) is 5.11 Å². The first kappa shape index (κ1) is 13.1. The van der Waals surface area contributed by atoms with Gasteiger partial charge in [0.25, 0.3) is 0 Å². The second kappa shape index (κ2) is 4.58. The van der Waals surface area contributed by atoms with Crippen LogP contribution in [0, 0.1) is 20.8 Å². The Morgan fingerprint density at radius 1 is 1.05 bits per heavy atom. The molecule has 3 heteroatoms. The minimum absolute atomic E-state index is 0.171. The van der Waals surface area contributed by atoms with Crippen LogP contribution >= 0.6 is 0 Å². The zero-order valence-electron chi connectivity index (χ0n) is 12.6. The molecule has 0 bridgehead atoms. The van der Waals surface area contributed by atoms with Gasteiger partial charge in [0.2, 0.25) is 0 Å². The van der Waals surface area contributed by atoms with Crippen LogP contribution in [0.5, 0.6) is 5.75 Å². The molecule has 0 saturated heterocycles. The number of nitrogens with zero attached hydrogens (tertiary/aromatic N) is 1. The number of benzene rings is 1. The van der Waals surface area contributed by atoms with Crippen molar-refractivity contribution < 1.29 is 5.11 Å². The third-order valence-electron chi connectivity index (χ3n) is 4.47. The molecule has 2 aromatic rings. The van der Waals surface area contributed by atoms with Crippen molar-refractivity contribution in [2.75, 3.05) is 5.43 Å². The SMILES string of the molecule is Cc1ccc(O)c2c1C(C)CC2Nn1c(C)ccc1C. The summed E-state index contributed by atoms with van der Waals surface area (Å²) >= 11 is 0. The number of fused-ring (bicyclic) bond motifs is 1. The summed E-state index contributed by atoms with van der Waals surface area (Å²) in [6, 6.07) is 8.22. The Hall–Kier alpha value is -1.90. The van der Waals surface area contributed by atoms with Crippen LogP contribution in [-0.2, 0) is 0 Å². The van der Waals surface area contributed by atoms with Gasteiger partial charge in [-0.1, -0.05) is 13.0 Å². The molecule has 3 rings (SSSR count). The topological polar surface area (TPSA) is 37.2 Å². The number of hydrogen-bond acceptors (Lipinski definition) is 2. The summed E-state index contributed by atoms with van der Waals surface area (Å²) in [5, 5.41) is 10.3. The zero-order valence-corrected chi connectivity index (χ0v) is 12.6. The summed E-state index contributed by atoms with van der Waals surface area (Å²) in [6.45, 7) is 8.55. The summed E-state index contributed by atoms with van der Waals surface area (Å²) in [4.78, 5) is 0. The number of nitrogens with one attached hydrogen (secondary N) is 1. The zero-order chi connectivity index (χ0) is 14.4. The molecule has 1 aliphatic carbocycles. The third-order valence-corrected chi connectivity index (χ3v) is 4.47. The number of aromatic hydroxyl groups is 1. The van der Waals surface area contributed by atoms with Crippen molar-refractivity contribution in [3.63, 3.8) is 0 Å². The van der Waals surface area contributed by atoms with Gasteiger partial charge in [-0.05, 0) is 62.4 Å². The standard InChI is InChI=1S/C17H22N2O/c1-10-5-8-15(20)17-14(9-11(2)16(10)17)18-19-12(3)6-7-13(19)4/h5-8,11,14,18,20H,9H2,1-4H3. The number of aromatic nitrogens is 1. The summed E-state index contributed by atoms with van der Waals surface area (Å²) in [5.41, 5.74) is 9.61. The maximum Gasteiger partial charge on any atom is 0.121 e. The highest BCUT2D eigenvalue weighted by Gasteiger charge is 2.32. The molecule has 1 aromatic carbocycles. The van der Waals surface area contributed by atoms with E-state index in [0.29, 0.717) is 11.7 Å². The van der Waals surface area contributed by atoms with E-state index >= 15 is 0 Å². The van der Waals surface area contributed by atoms with Gasteiger partial charge in [0.05, 0.1) is 6.04 Å². The highest BCUT2D eigenvalue weighted by atomic mass is 16.3. The van der Waals surface area contributed by atoms with Gasteiger partial charge in [-0.2, -0.15) is 0 Å². The number of phenolic OH excluding ortho intramolecular Hbond substituents is 1. The van der Waals surface area contributed by atoms with Gasteiger partial charge >= 0.3 is 0 Å². The van der Waals surface area contributed by atoms with Gasteiger partial charge in [0.1, 0.15) is 5.75 Å². The molecule has 2 atom stereocenters. The quantitative estimate of drug-likeness (QED) is 0.868. The van der Waals surface area contributed by atoms with Crippen molar-refractivity contribution in [2.24, 2.45) is 0 Å². The van der Waals surface area contributed by atoms with Crippen LogP contribution in [-0.4, -0.2) is 9.78 Å². The summed E-state index contributed by atoms with van der Waals surface area (Å²) in [6.07, 6.45) is 1.02. The van der Waals surface area contributed by atoms with Gasteiger partial charge in [-0.3, -0.25) is 4.68 Å². The lowest BCUT2D eigenvalue weighted by Crippen LogP contribution is -2.21. The normalized spacial score (nSPS) is 21.0. The molecule has 0 spiro atoms. The minimum atomic E-state index is 0.171. The van der Waals surface area contributed by atoms with Crippen LogP contribution < -0.4 is 5.43 Å². The van der Waals surface area contributed by atoms with Crippen LogP contribution in [0.3, 0.4) is 0 Å². The Morgan fingerprint density at radius 3 is 2.35 bits per heavy atom. The predicted octanol–water partition coefficient (Wildman–Crippen LogP) is 3.91. The molecule has 0 fully saturated rings. The summed E-state index contributed by atoms with van der Waals surface area (Å²) in [7, 11) is 0. The van der Waals surface area contributed by atoms with Crippen molar-refractivity contribution >= 4 is 0 Å². The monoisotopic (exact) mass is 270 g/mol. The first-order valence-corrected chi connectivity index (χ1v) is 7.23. The van der Waals surface area contributed by atoms with Crippen LogP contribution in [0.15, 0.2) is 24.3 Å². The van der Waals surface area contributed by atoms with Gasteiger partial charge in [-0.25, -0.2) is 0 Å². The van der Waals surface area contributed by atoms with Crippen molar-refractivity contribution in [1.29, 1.82) is 0 Å². The van der Waals surface area contributed by atoms with Crippen LogP contribution in [0.4, 0.5) is 0 Å². The van der Waals surface area contributed by atoms with Gasteiger partial charge in [0, 0.05) is 17.0 Å². The van der Waals surface area contributed by atoms with E-state index in [1.54, 1.807) is 0 Å². The van der Waals surface area contributed by atoms with Crippen molar-refractivity contribution in [1.82, 2.24) is 4.68 Å². The fraction of sp³-hybridized carbons (Fsp3) is 0.412. The van der Waals surface area contributed by atoms with Crippen molar-refractivity contribution in [2.45, 2.75) is 46.1 Å². The molecule has 0 radical (unpaired) electrons. The molecule has 1 aliphatic rings. The Labute approximate surface area is 120 Å². The number of hydrogen-bond donors (Lipinski definition) is 2. The van der Waals surface area contributed by atoms with E-state index in [-0.39, 0.29) is 6.04 Å². The molecule has 1 aromatic heterocycles.